The van der Waals surface area contributed by atoms with E-state index in [0.29, 0.717) is 6.04 Å². The molecule has 0 aromatic carbocycles. The normalized spacial score (nSPS) is 34.2. The van der Waals surface area contributed by atoms with Crippen LogP contribution in [0.2, 0.25) is 0 Å². The first-order chi connectivity index (χ1) is 6.27. The summed E-state index contributed by atoms with van der Waals surface area (Å²) in [5.74, 6) is -0.927. The molecule has 3 nitrogen and oxygen atoms in total. The molecule has 1 N–H and O–H groups in total. The highest BCUT2D eigenvalue weighted by Gasteiger charge is 2.29. The molecule has 0 amide bonds. The molecule has 0 spiro atoms. The zero-order chi connectivity index (χ0) is 9.26. The molecule has 1 heterocycles. The SMILES string of the molecule is O=C(O)C1C=CC(N2CCCC2)C1. The van der Waals surface area contributed by atoms with Crippen molar-refractivity contribution in [2.75, 3.05) is 13.1 Å². The molecule has 0 radical (unpaired) electrons. The maximum Gasteiger partial charge on any atom is 0.310 e. The second-order valence-corrected chi connectivity index (χ2v) is 3.88. The second kappa shape index (κ2) is 3.50. The lowest BCUT2D eigenvalue weighted by atomic mass is 10.1. The number of aliphatic carboxylic acids is 1. The van der Waals surface area contributed by atoms with Crippen LogP contribution in [0, 0.1) is 5.92 Å². The highest BCUT2D eigenvalue weighted by molar-refractivity contribution is 5.73. The molecule has 72 valence electrons. The van der Waals surface area contributed by atoms with Crippen LogP contribution in [0.3, 0.4) is 0 Å². The lowest BCUT2D eigenvalue weighted by Gasteiger charge is -2.21. The second-order valence-electron chi connectivity index (χ2n) is 3.88. The molecule has 13 heavy (non-hydrogen) atoms. The van der Waals surface area contributed by atoms with Crippen molar-refractivity contribution in [3.05, 3.63) is 12.2 Å². The van der Waals surface area contributed by atoms with Gasteiger partial charge in [0, 0.05) is 6.04 Å². The average molecular weight is 181 g/mol. The molecule has 2 unspecified atom stereocenters. The molecule has 0 aromatic rings. The van der Waals surface area contributed by atoms with Gasteiger partial charge in [0.15, 0.2) is 0 Å². The van der Waals surface area contributed by atoms with Gasteiger partial charge < -0.3 is 5.11 Å². The van der Waals surface area contributed by atoms with Gasteiger partial charge in [0.1, 0.15) is 0 Å². The third-order valence-electron chi connectivity index (χ3n) is 2.99. The van der Waals surface area contributed by atoms with Crippen LogP contribution >= 0.6 is 0 Å². The van der Waals surface area contributed by atoms with E-state index in [1.807, 2.05) is 6.08 Å². The summed E-state index contributed by atoms with van der Waals surface area (Å²) in [6.07, 6.45) is 7.20. The smallest absolute Gasteiger partial charge is 0.310 e. The summed E-state index contributed by atoms with van der Waals surface area (Å²) in [6.45, 7) is 2.28. The monoisotopic (exact) mass is 181 g/mol. The maximum absolute atomic E-state index is 10.7. The van der Waals surface area contributed by atoms with E-state index < -0.39 is 5.97 Å². The fraction of sp³-hybridized carbons (Fsp3) is 0.700. The van der Waals surface area contributed by atoms with Crippen molar-refractivity contribution in [1.29, 1.82) is 0 Å². The topological polar surface area (TPSA) is 40.5 Å². The number of carbonyl (C=O) groups is 1. The minimum Gasteiger partial charge on any atom is -0.481 e. The summed E-state index contributed by atoms with van der Waals surface area (Å²) in [5.41, 5.74) is 0. The summed E-state index contributed by atoms with van der Waals surface area (Å²) in [7, 11) is 0. The Morgan fingerprint density at radius 3 is 2.54 bits per heavy atom. The van der Waals surface area contributed by atoms with Gasteiger partial charge in [0.05, 0.1) is 5.92 Å². The highest BCUT2D eigenvalue weighted by atomic mass is 16.4. The number of hydrogen-bond acceptors (Lipinski definition) is 2. The van der Waals surface area contributed by atoms with Crippen LogP contribution < -0.4 is 0 Å². The van der Waals surface area contributed by atoms with Crippen LogP contribution in [0.15, 0.2) is 12.2 Å². The van der Waals surface area contributed by atoms with Gasteiger partial charge in [0.2, 0.25) is 0 Å². The Bertz CT molecular complexity index is 231. The standard InChI is InChI=1S/C10H15NO2/c12-10(13)8-3-4-9(7-8)11-5-1-2-6-11/h3-4,8-9H,1-2,5-7H2,(H,12,13). The third-order valence-corrected chi connectivity index (χ3v) is 2.99. The zero-order valence-electron chi connectivity index (χ0n) is 7.65. The minimum atomic E-state index is -0.682. The van der Waals surface area contributed by atoms with E-state index in [-0.39, 0.29) is 5.92 Å². The van der Waals surface area contributed by atoms with Crippen LogP contribution in [0.4, 0.5) is 0 Å². The summed E-state index contributed by atoms with van der Waals surface area (Å²) in [5, 5.41) is 8.80. The Kier molecular flexibility index (Phi) is 2.36. The quantitative estimate of drug-likeness (QED) is 0.649. The van der Waals surface area contributed by atoms with Crippen LogP contribution in [0.25, 0.3) is 0 Å². The van der Waals surface area contributed by atoms with Crippen molar-refractivity contribution < 1.29 is 9.90 Å². The Morgan fingerprint density at radius 2 is 2.00 bits per heavy atom. The van der Waals surface area contributed by atoms with E-state index in [1.165, 1.54) is 12.8 Å². The van der Waals surface area contributed by atoms with E-state index in [9.17, 15) is 4.79 Å². The van der Waals surface area contributed by atoms with E-state index in [1.54, 1.807) is 0 Å². The molecule has 1 fully saturated rings. The molecule has 1 aliphatic carbocycles. The van der Waals surface area contributed by atoms with Gasteiger partial charge in [0.25, 0.3) is 0 Å². The number of rotatable bonds is 2. The molecule has 2 rings (SSSR count). The minimum absolute atomic E-state index is 0.245. The molecule has 2 aliphatic rings. The maximum atomic E-state index is 10.7. The van der Waals surface area contributed by atoms with Crippen molar-refractivity contribution in [3.8, 4) is 0 Å². The fourth-order valence-electron chi connectivity index (χ4n) is 2.21. The molecular formula is C10H15NO2. The molecule has 0 aromatic heterocycles. The molecule has 3 heteroatoms. The molecule has 1 aliphatic heterocycles. The van der Waals surface area contributed by atoms with Crippen LogP contribution in [-0.4, -0.2) is 35.1 Å². The molecule has 1 saturated heterocycles. The molecule has 0 saturated carbocycles. The first-order valence-corrected chi connectivity index (χ1v) is 4.92. The van der Waals surface area contributed by atoms with Crippen LogP contribution in [0.5, 0.6) is 0 Å². The molecular weight excluding hydrogens is 166 g/mol. The predicted octanol–water partition coefficient (Wildman–Crippen LogP) is 1.11. The van der Waals surface area contributed by atoms with E-state index in [4.69, 9.17) is 5.11 Å². The molecule has 2 atom stereocenters. The lowest BCUT2D eigenvalue weighted by Crippen LogP contribution is -2.30. The first kappa shape index (κ1) is 8.75. The van der Waals surface area contributed by atoms with Gasteiger partial charge in [-0.1, -0.05) is 12.2 Å². The fourth-order valence-corrected chi connectivity index (χ4v) is 2.21. The summed E-state index contributed by atoms with van der Waals surface area (Å²) in [6, 6.07) is 0.392. The largest absolute Gasteiger partial charge is 0.481 e. The van der Waals surface area contributed by atoms with Crippen molar-refractivity contribution in [1.82, 2.24) is 4.90 Å². The number of carboxylic acids is 1. The van der Waals surface area contributed by atoms with Crippen molar-refractivity contribution in [3.63, 3.8) is 0 Å². The van der Waals surface area contributed by atoms with Crippen molar-refractivity contribution in [2.45, 2.75) is 25.3 Å². The van der Waals surface area contributed by atoms with Crippen LogP contribution in [0.1, 0.15) is 19.3 Å². The Labute approximate surface area is 78.0 Å². The van der Waals surface area contributed by atoms with Crippen molar-refractivity contribution >= 4 is 5.97 Å². The van der Waals surface area contributed by atoms with E-state index >= 15 is 0 Å². The highest BCUT2D eigenvalue weighted by Crippen LogP contribution is 2.25. The molecule has 0 bridgehead atoms. The van der Waals surface area contributed by atoms with Gasteiger partial charge in [-0.2, -0.15) is 0 Å². The number of likely N-dealkylation sites (tertiary alicyclic amines) is 1. The van der Waals surface area contributed by atoms with Crippen molar-refractivity contribution in [2.24, 2.45) is 5.92 Å². The summed E-state index contributed by atoms with van der Waals surface area (Å²) in [4.78, 5) is 13.1. The van der Waals surface area contributed by atoms with E-state index in [0.717, 1.165) is 19.5 Å². The first-order valence-electron chi connectivity index (χ1n) is 4.92. The summed E-state index contributed by atoms with van der Waals surface area (Å²) >= 11 is 0. The number of nitrogens with zero attached hydrogens (tertiary/aromatic N) is 1. The zero-order valence-corrected chi connectivity index (χ0v) is 7.65. The van der Waals surface area contributed by atoms with Gasteiger partial charge in [-0.25, -0.2) is 0 Å². The Balaban J connectivity index is 1.91. The third kappa shape index (κ3) is 1.75. The van der Waals surface area contributed by atoms with E-state index in [2.05, 4.69) is 11.0 Å². The number of carboxylic acid groups (broad SMARTS) is 1. The van der Waals surface area contributed by atoms with Gasteiger partial charge in [-0.15, -0.1) is 0 Å². The average Bonchev–Trinajstić information content (AvgIpc) is 2.75. The summed E-state index contributed by atoms with van der Waals surface area (Å²) < 4.78 is 0. The van der Waals surface area contributed by atoms with Gasteiger partial charge >= 0.3 is 5.97 Å². The Hall–Kier alpha value is -0.830. The van der Waals surface area contributed by atoms with Gasteiger partial charge in [-0.3, -0.25) is 9.69 Å². The van der Waals surface area contributed by atoms with Gasteiger partial charge in [-0.05, 0) is 32.4 Å². The lowest BCUT2D eigenvalue weighted by molar-refractivity contribution is -0.140. The Morgan fingerprint density at radius 1 is 1.31 bits per heavy atom. The predicted molar refractivity (Wildman–Crippen MR) is 49.5 cm³/mol. The van der Waals surface area contributed by atoms with Crippen LogP contribution in [-0.2, 0) is 4.79 Å². The number of hydrogen-bond donors (Lipinski definition) is 1.